The second kappa shape index (κ2) is 10.0. The van der Waals surface area contributed by atoms with Crippen molar-refractivity contribution in [3.05, 3.63) is 0 Å². The second-order valence-corrected chi connectivity index (χ2v) is 12.1. The van der Waals surface area contributed by atoms with Gasteiger partial charge in [-0.2, -0.15) is 0 Å². The van der Waals surface area contributed by atoms with Crippen LogP contribution >= 0.6 is 0 Å². The van der Waals surface area contributed by atoms with Gasteiger partial charge < -0.3 is 20.8 Å². The number of aliphatic hydroxyl groups is 2. The Kier molecular flexibility index (Phi) is 9.03. The quantitative estimate of drug-likeness (QED) is 0.369. The Morgan fingerprint density at radius 1 is 0.719 bits per heavy atom. The molecule has 1 saturated carbocycles. The third kappa shape index (κ3) is 5.67. The molecule has 2 amide bonds. The van der Waals surface area contributed by atoms with Gasteiger partial charge in [0.1, 0.15) is 5.41 Å². The summed E-state index contributed by atoms with van der Waals surface area (Å²) in [6.07, 6.45) is 3.80. The highest BCUT2D eigenvalue weighted by Crippen LogP contribution is 2.44. The zero-order valence-electron chi connectivity index (χ0n) is 22.3. The molecular formula is C26H50N2O4. The van der Waals surface area contributed by atoms with Crippen molar-refractivity contribution in [1.29, 1.82) is 0 Å². The number of carbonyl (C=O) groups is 2. The minimum Gasteiger partial charge on any atom is -0.388 e. The van der Waals surface area contributed by atoms with E-state index in [-0.39, 0.29) is 22.6 Å². The smallest absolute Gasteiger partial charge is 0.236 e. The highest BCUT2D eigenvalue weighted by Gasteiger charge is 2.55. The van der Waals surface area contributed by atoms with E-state index in [1.807, 2.05) is 69.2 Å². The summed E-state index contributed by atoms with van der Waals surface area (Å²) in [4.78, 5) is 27.2. The Balaban J connectivity index is 3.26. The molecule has 0 saturated heterocycles. The monoisotopic (exact) mass is 454 g/mol. The van der Waals surface area contributed by atoms with Crippen molar-refractivity contribution >= 4 is 11.8 Å². The Hall–Kier alpha value is -1.14. The number of nitrogens with one attached hydrogen (secondary N) is 2. The van der Waals surface area contributed by atoms with Crippen LogP contribution in [-0.4, -0.2) is 45.3 Å². The molecule has 1 fully saturated rings. The van der Waals surface area contributed by atoms with Crippen LogP contribution in [0.15, 0.2) is 0 Å². The first kappa shape index (κ1) is 28.9. The summed E-state index contributed by atoms with van der Waals surface area (Å²) in [5.41, 5.74) is -4.01. The van der Waals surface area contributed by atoms with Gasteiger partial charge in [-0.3, -0.25) is 9.59 Å². The third-order valence-electron chi connectivity index (χ3n) is 7.88. The first-order valence-corrected chi connectivity index (χ1v) is 12.5. The number of carbonyl (C=O) groups excluding carboxylic acids is 2. The molecule has 0 aromatic rings. The van der Waals surface area contributed by atoms with E-state index in [0.29, 0.717) is 38.5 Å². The van der Waals surface area contributed by atoms with Crippen LogP contribution in [0.1, 0.15) is 114 Å². The molecule has 1 rings (SSSR count). The molecule has 0 radical (unpaired) electrons. The summed E-state index contributed by atoms with van der Waals surface area (Å²) in [7, 11) is 0. The van der Waals surface area contributed by atoms with Crippen LogP contribution in [0.2, 0.25) is 0 Å². The van der Waals surface area contributed by atoms with Gasteiger partial charge in [0, 0.05) is 0 Å². The van der Waals surface area contributed by atoms with E-state index in [1.165, 1.54) is 0 Å². The molecule has 0 bridgehead atoms. The largest absolute Gasteiger partial charge is 0.388 e. The molecule has 1 aliphatic carbocycles. The third-order valence-corrected chi connectivity index (χ3v) is 7.88. The molecule has 0 spiro atoms. The molecule has 0 aromatic heterocycles. The van der Waals surface area contributed by atoms with E-state index >= 15 is 0 Å². The fourth-order valence-electron chi connectivity index (χ4n) is 5.26. The first-order chi connectivity index (χ1) is 14.5. The van der Waals surface area contributed by atoms with Gasteiger partial charge >= 0.3 is 0 Å². The van der Waals surface area contributed by atoms with Crippen molar-refractivity contribution < 1.29 is 19.8 Å². The molecule has 32 heavy (non-hydrogen) atoms. The summed E-state index contributed by atoms with van der Waals surface area (Å²) in [6, 6.07) is -0.964. The minimum atomic E-state index is -1.15. The van der Waals surface area contributed by atoms with Gasteiger partial charge in [0.05, 0.1) is 23.3 Å². The minimum absolute atomic E-state index is 0.314. The predicted octanol–water partition coefficient (Wildman–Crippen LogP) is 4.32. The molecule has 0 unspecified atom stereocenters. The maximum atomic E-state index is 13.6. The number of hydrogen-bond donors (Lipinski definition) is 4. The molecule has 1 aliphatic rings. The molecule has 188 valence electrons. The lowest BCUT2D eigenvalue weighted by Crippen LogP contribution is -2.67. The van der Waals surface area contributed by atoms with E-state index in [1.54, 1.807) is 0 Å². The zero-order valence-corrected chi connectivity index (χ0v) is 22.3. The lowest BCUT2D eigenvalue weighted by Gasteiger charge is -2.48. The van der Waals surface area contributed by atoms with Crippen molar-refractivity contribution in [2.75, 3.05) is 0 Å². The van der Waals surface area contributed by atoms with Crippen LogP contribution in [-0.2, 0) is 9.59 Å². The Morgan fingerprint density at radius 2 is 1.00 bits per heavy atom. The SMILES string of the molecule is CCC(O)(CC)[C@H](NC(=O)C1(C(=O)N[C@H](C(C)(C)C)C(O)(CC)CC)CCC1)C(C)(C)C. The zero-order chi connectivity index (χ0) is 25.2. The van der Waals surface area contributed by atoms with E-state index in [2.05, 4.69) is 10.6 Å². The summed E-state index contributed by atoms with van der Waals surface area (Å²) < 4.78 is 0. The molecule has 4 N–H and O–H groups in total. The van der Waals surface area contributed by atoms with Gasteiger partial charge in [-0.1, -0.05) is 75.7 Å². The molecule has 0 aliphatic heterocycles. The summed E-state index contributed by atoms with van der Waals surface area (Å²) in [5, 5.41) is 28.7. The average molecular weight is 455 g/mol. The van der Waals surface area contributed by atoms with Crippen molar-refractivity contribution in [2.24, 2.45) is 16.2 Å². The van der Waals surface area contributed by atoms with Crippen molar-refractivity contribution in [1.82, 2.24) is 10.6 Å². The molecular weight excluding hydrogens is 404 g/mol. The van der Waals surface area contributed by atoms with Gasteiger partial charge in [-0.15, -0.1) is 0 Å². The molecule has 0 heterocycles. The predicted molar refractivity (Wildman–Crippen MR) is 130 cm³/mol. The lowest BCUT2D eigenvalue weighted by atomic mass is 9.65. The van der Waals surface area contributed by atoms with Crippen LogP contribution in [0.3, 0.4) is 0 Å². The normalized spacial score (nSPS) is 19.0. The molecule has 0 aromatic carbocycles. The molecule has 6 nitrogen and oxygen atoms in total. The highest BCUT2D eigenvalue weighted by atomic mass is 16.3. The van der Waals surface area contributed by atoms with Gasteiger partial charge in [0.2, 0.25) is 11.8 Å². The topological polar surface area (TPSA) is 98.7 Å². The Labute approximate surface area is 196 Å². The Morgan fingerprint density at radius 3 is 1.16 bits per heavy atom. The fourth-order valence-corrected chi connectivity index (χ4v) is 5.26. The van der Waals surface area contributed by atoms with E-state index in [0.717, 1.165) is 6.42 Å². The van der Waals surface area contributed by atoms with Crippen LogP contribution in [0, 0.1) is 16.2 Å². The maximum absolute atomic E-state index is 13.6. The summed E-state index contributed by atoms with van der Waals surface area (Å²) >= 11 is 0. The highest BCUT2D eigenvalue weighted by molar-refractivity contribution is 6.06. The second-order valence-electron chi connectivity index (χ2n) is 12.1. The first-order valence-electron chi connectivity index (χ1n) is 12.5. The van der Waals surface area contributed by atoms with Gasteiger partial charge in [-0.25, -0.2) is 0 Å². The summed E-state index contributed by atoms with van der Waals surface area (Å²) in [6.45, 7) is 19.7. The van der Waals surface area contributed by atoms with Gasteiger partial charge in [0.25, 0.3) is 0 Å². The van der Waals surface area contributed by atoms with Crippen LogP contribution in [0.4, 0.5) is 0 Å². The van der Waals surface area contributed by atoms with Crippen LogP contribution in [0.5, 0.6) is 0 Å². The van der Waals surface area contributed by atoms with Crippen molar-refractivity contribution in [3.8, 4) is 0 Å². The standard InChI is InChI=1S/C26H50N2O4/c1-11-25(31,12-2)18(22(5,6)7)27-20(29)24(16-15-17-24)21(30)28-19(23(8,9)10)26(32,13-3)14-4/h18-19,31-32H,11-17H2,1-10H3,(H,27,29)(H,28,30)/t18-,19-/m1/s1. The van der Waals surface area contributed by atoms with E-state index in [4.69, 9.17) is 0 Å². The average Bonchev–Trinajstić information content (AvgIpc) is 2.66. The van der Waals surface area contributed by atoms with Crippen LogP contribution < -0.4 is 10.6 Å². The van der Waals surface area contributed by atoms with Gasteiger partial charge in [0.15, 0.2) is 0 Å². The number of amides is 2. The fraction of sp³-hybridized carbons (Fsp3) is 0.923. The number of rotatable bonds is 10. The van der Waals surface area contributed by atoms with Crippen LogP contribution in [0.25, 0.3) is 0 Å². The molecule has 2 atom stereocenters. The summed E-state index contributed by atoms with van der Waals surface area (Å²) in [5.74, 6) is -0.628. The van der Waals surface area contributed by atoms with Gasteiger partial charge in [-0.05, 0) is 49.4 Å². The van der Waals surface area contributed by atoms with Crippen molar-refractivity contribution in [2.45, 2.75) is 137 Å². The Bertz CT molecular complexity index is 596. The maximum Gasteiger partial charge on any atom is 0.236 e. The molecule has 6 heteroatoms. The van der Waals surface area contributed by atoms with Crippen molar-refractivity contribution in [3.63, 3.8) is 0 Å². The van der Waals surface area contributed by atoms with E-state index in [9.17, 15) is 19.8 Å². The lowest BCUT2D eigenvalue weighted by molar-refractivity contribution is -0.156. The van der Waals surface area contributed by atoms with E-state index < -0.39 is 28.7 Å². The number of hydrogen-bond acceptors (Lipinski definition) is 4.